The number of nitrogens with one attached hydrogen (secondary N) is 2. The van der Waals surface area contributed by atoms with Gasteiger partial charge < -0.3 is 19.9 Å². The summed E-state index contributed by atoms with van der Waals surface area (Å²) in [5, 5.41) is 7.56. The molecule has 2 aromatic carbocycles. The zero-order valence-corrected chi connectivity index (χ0v) is 20.7. The van der Waals surface area contributed by atoms with E-state index in [0.717, 1.165) is 45.0 Å². The van der Waals surface area contributed by atoms with Gasteiger partial charge in [0.25, 0.3) is 11.8 Å². The van der Waals surface area contributed by atoms with E-state index in [1.165, 1.54) is 0 Å². The molecule has 0 aliphatic carbocycles. The van der Waals surface area contributed by atoms with Gasteiger partial charge in [-0.05, 0) is 55.3 Å². The maximum Gasteiger partial charge on any atom is 0.256 e. The van der Waals surface area contributed by atoms with Crippen LogP contribution in [-0.4, -0.2) is 57.8 Å². The van der Waals surface area contributed by atoms with E-state index < -0.39 is 0 Å². The number of hydrogen-bond donors (Lipinski definition) is 2. The maximum absolute atomic E-state index is 13.0. The van der Waals surface area contributed by atoms with E-state index >= 15 is 0 Å². The van der Waals surface area contributed by atoms with E-state index in [1.807, 2.05) is 79.3 Å². The number of rotatable bonds is 4. The molecule has 0 spiro atoms. The summed E-state index contributed by atoms with van der Waals surface area (Å²) in [5.41, 5.74) is 8.31. The van der Waals surface area contributed by atoms with E-state index in [9.17, 15) is 9.59 Å². The fraction of sp³-hybridized carbons (Fsp3) is 0.207. The normalized spacial score (nSPS) is 16.2. The topological polar surface area (TPSA) is 92.2 Å². The first-order valence-electron chi connectivity index (χ1n) is 12.3. The number of morpholine rings is 1. The lowest BCUT2D eigenvalue weighted by Gasteiger charge is -2.26. The van der Waals surface area contributed by atoms with Gasteiger partial charge in [0, 0.05) is 47.5 Å². The van der Waals surface area contributed by atoms with E-state index in [1.54, 1.807) is 11.1 Å². The summed E-state index contributed by atoms with van der Waals surface area (Å²) in [4.78, 5) is 31.0. The van der Waals surface area contributed by atoms with Crippen LogP contribution in [0.4, 0.5) is 5.69 Å². The molecule has 0 bridgehead atoms. The van der Waals surface area contributed by atoms with E-state index in [4.69, 9.17) is 4.74 Å². The Morgan fingerprint density at radius 2 is 1.84 bits per heavy atom. The molecule has 0 saturated carbocycles. The van der Waals surface area contributed by atoms with E-state index in [-0.39, 0.29) is 11.8 Å². The summed E-state index contributed by atoms with van der Waals surface area (Å²) in [6, 6.07) is 16.0. The summed E-state index contributed by atoms with van der Waals surface area (Å²) >= 11 is 0. The summed E-state index contributed by atoms with van der Waals surface area (Å²) < 4.78 is 7.28. The van der Waals surface area contributed by atoms with Gasteiger partial charge in [-0.15, -0.1) is 0 Å². The number of ether oxygens (including phenoxy) is 1. The molecule has 6 rings (SSSR count). The smallest absolute Gasteiger partial charge is 0.256 e. The molecule has 2 aliphatic heterocycles. The molecule has 4 aromatic rings. The Hall–Kier alpha value is -4.43. The third kappa shape index (κ3) is 4.05. The molecule has 2 amide bonds. The van der Waals surface area contributed by atoms with Gasteiger partial charge in [0.1, 0.15) is 0 Å². The van der Waals surface area contributed by atoms with Crippen LogP contribution in [-0.2, 0) is 9.53 Å². The monoisotopic (exact) mass is 493 g/mol. The minimum Gasteiger partial charge on any atom is -0.378 e. The fourth-order valence-corrected chi connectivity index (χ4v) is 4.99. The molecule has 2 N–H and O–H groups in total. The average molecular weight is 494 g/mol. The van der Waals surface area contributed by atoms with Crippen LogP contribution in [0.15, 0.2) is 60.9 Å². The Morgan fingerprint density at radius 1 is 1.05 bits per heavy atom. The van der Waals surface area contributed by atoms with Crippen LogP contribution >= 0.6 is 0 Å². The van der Waals surface area contributed by atoms with Crippen molar-refractivity contribution in [2.45, 2.75) is 13.8 Å². The van der Waals surface area contributed by atoms with Gasteiger partial charge in [-0.2, -0.15) is 5.10 Å². The molecule has 1 saturated heterocycles. The number of H-pyrrole nitrogens is 1. The molecule has 8 heteroatoms. The number of nitrogens with zero attached hydrogens (tertiary/aromatic N) is 3. The molecule has 0 unspecified atom stereocenters. The molecule has 0 radical (unpaired) electrons. The minimum atomic E-state index is -0.168. The largest absolute Gasteiger partial charge is 0.378 e. The molecular weight excluding hydrogens is 466 g/mol. The van der Waals surface area contributed by atoms with Crippen LogP contribution in [0.1, 0.15) is 32.9 Å². The number of fused-ring (bicyclic) bond motifs is 1. The highest BCUT2D eigenvalue weighted by atomic mass is 16.5. The third-order valence-electron chi connectivity index (χ3n) is 7.12. The lowest BCUT2D eigenvalue weighted by atomic mass is 9.98. The van der Waals surface area contributed by atoms with Crippen LogP contribution in [0.25, 0.3) is 28.5 Å². The Labute approximate surface area is 214 Å². The average Bonchev–Trinajstić information content (AvgIpc) is 3.59. The van der Waals surface area contributed by atoms with Crippen molar-refractivity contribution in [2.75, 3.05) is 31.6 Å². The van der Waals surface area contributed by atoms with Crippen LogP contribution < -0.4 is 5.32 Å². The van der Waals surface area contributed by atoms with Gasteiger partial charge in [-0.25, -0.2) is 4.68 Å². The second-order valence-corrected chi connectivity index (χ2v) is 9.31. The van der Waals surface area contributed by atoms with Gasteiger partial charge in [0.15, 0.2) is 0 Å². The summed E-state index contributed by atoms with van der Waals surface area (Å²) in [6.07, 6.45) is 5.41. The quantitative estimate of drug-likeness (QED) is 0.411. The highest BCUT2D eigenvalue weighted by Gasteiger charge is 2.27. The standard InChI is InChI=1S/C29H27N5O3/c1-18-24(29(36)33-10-12-37-13-11-33)16-30-27(18)15-23-22-14-20(8-9-26(22)32-28(23)35)25-17-31-34(19(25)2)21-6-4-3-5-7-21/h3-9,14-17,30H,10-13H2,1-2H3,(H,32,35)/b23-15-. The Balaban J connectivity index is 1.34. The van der Waals surface area contributed by atoms with E-state index in [0.29, 0.717) is 37.4 Å². The number of aromatic nitrogens is 3. The highest BCUT2D eigenvalue weighted by molar-refractivity contribution is 6.35. The molecule has 4 heterocycles. The lowest BCUT2D eigenvalue weighted by molar-refractivity contribution is -0.110. The van der Waals surface area contributed by atoms with Crippen molar-refractivity contribution in [3.63, 3.8) is 0 Å². The van der Waals surface area contributed by atoms with Crippen LogP contribution in [0.5, 0.6) is 0 Å². The van der Waals surface area contributed by atoms with Crippen molar-refractivity contribution < 1.29 is 14.3 Å². The molecule has 2 aromatic heterocycles. The predicted octanol–water partition coefficient (Wildman–Crippen LogP) is 4.45. The Morgan fingerprint density at radius 3 is 2.62 bits per heavy atom. The Bertz CT molecular complexity index is 1540. The molecule has 8 nitrogen and oxygen atoms in total. The molecule has 186 valence electrons. The summed E-state index contributed by atoms with van der Waals surface area (Å²) in [6.45, 7) is 6.21. The number of anilines is 1. The maximum atomic E-state index is 13.0. The van der Waals surface area contributed by atoms with Crippen molar-refractivity contribution in [2.24, 2.45) is 0 Å². The number of para-hydroxylation sites is 1. The van der Waals surface area contributed by atoms with Gasteiger partial charge in [0.2, 0.25) is 0 Å². The van der Waals surface area contributed by atoms with Crippen LogP contribution in [0.2, 0.25) is 0 Å². The molecule has 0 atom stereocenters. The molecule has 1 fully saturated rings. The Kier molecular flexibility index (Phi) is 5.73. The van der Waals surface area contributed by atoms with Gasteiger partial charge >= 0.3 is 0 Å². The second-order valence-electron chi connectivity index (χ2n) is 9.31. The SMILES string of the molecule is Cc1c(C(=O)N2CCOCC2)c[nH]c1/C=C1\C(=O)Nc2ccc(-c3cnn(-c4ccccc4)c3C)cc21. The highest BCUT2D eigenvalue weighted by Crippen LogP contribution is 2.37. The lowest BCUT2D eigenvalue weighted by Crippen LogP contribution is -2.40. The fourth-order valence-electron chi connectivity index (χ4n) is 4.99. The first-order chi connectivity index (χ1) is 18.0. The first-order valence-corrected chi connectivity index (χ1v) is 12.3. The van der Waals surface area contributed by atoms with Crippen molar-refractivity contribution >= 4 is 29.2 Å². The first kappa shape index (κ1) is 23.0. The molecule has 2 aliphatic rings. The van der Waals surface area contributed by atoms with Gasteiger partial charge in [-0.3, -0.25) is 9.59 Å². The number of benzene rings is 2. The van der Waals surface area contributed by atoms with Gasteiger partial charge in [0.05, 0.1) is 36.2 Å². The number of carbonyl (C=O) groups excluding carboxylic acids is 2. The zero-order chi connectivity index (χ0) is 25.5. The zero-order valence-electron chi connectivity index (χ0n) is 20.7. The van der Waals surface area contributed by atoms with E-state index in [2.05, 4.69) is 15.4 Å². The van der Waals surface area contributed by atoms with Crippen LogP contribution in [0, 0.1) is 13.8 Å². The molecule has 37 heavy (non-hydrogen) atoms. The number of amides is 2. The predicted molar refractivity (Wildman–Crippen MR) is 142 cm³/mol. The number of hydrogen-bond acceptors (Lipinski definition) is 4. The minimum absolute atomic E-state index is 0.0221. The van der Waals surface area contributed by atoms with Crippen molar-refractivity contribution in [1.82, 2.24) is 19.7 Å². The second kappa shape index (κ2) is 9.22. The van der Waals surface area contributed by atoms with Crippen molar-refractivity contribution in [3.05, 3.63) is 89.0 Å². The summed E-state index contributed by atoms with van der Waals surface area (Å²) in [5.74, 6) is -0.190. The van der Waals surface area contributed by atoms with Gasteiger partial charge in [-0.1, -0.05) is 24.3 Å². The van der Waals surface area contributed by atoms with Crippen molar-refractivity contribution in [1.29, 1.82) is 0 Å². The number of aromatic amines is 1. The summed E-state index contributed by atoms with van der Waals surface area (Å²) in [7, 11) is 0. The number of carbonyl (C=O) groups is 2. The molecular formula is C29H27N5O3. The van der Waals surface area contributed by atoms with Crippen molar-refractivity contribution in [3.8, 4) is 16.8 Å². The van der Waals surface area contributed by atoms with Crippen LogP contribution in [0.3, 0.4) is 0 Å². The third-order valence-corrected chi connectivity index (χ3v) is 7.12.